The van der Waals surface area contributed by atoms with E-state index in [2.05, 4.69) is 58.6 Å². The summed E-state index contributed by atoms with van der Waals surface area (Å²) >= 11 is 0. The number of hydrogen-bond acceptors (Lipinski definition) is 3. The van der Waals surface area contributed by atoms with E-state index in [9.17, 15) is 4.79 Å². The molecule has 1 aliphatic carbocycles. The number of nitrogens with zero attached hydrogens (tertiary/aromatic N) is 2. The van der Waals surface area contributed by atoms with Crippen LogP contribution in [-0.2, 0) is 11.8 Å². The quantitative estimate of drug-likeness (QED) is 0.678. The molecule has 150 valence electrons. The van der Waals surface area contributed by atoms with Crippen LogP contribution in [0.1, 0.15) is 40.7 Å². The zero-order valence-corrected chi connectivity index (χ0v) is 17.3. The molecule has 4 nitrogen and oxygen atoms in total. The number of rotatable bonds is 5. The number of allylic oxidation sites excluding steroid dienone is 4. The molecular weight excluding hydrogens is 370 g/mol. The van der Waals surface area contributed by atoms with Gasteiger partial charge in [-0.05, 0) is 48.6 Å². The molecule has 1 unspecified atom stereocenters. The van der Waals surface area contributed by atoms with Crippen molar-refractivity contribution in [3.05, 3.63) is 113 Å². The molecule has 1 aliphatic rings. The lowest BCUT2D eigenvalue weighted by atomic mass is 9.74. The average molecular weight is 396 g/mol. The van der Waals surface area contributed by atoms with Gasteiger partial charge < -0.3 is 5.32 Å². The van der Waals surface area contributed by atoms with Gasteiger partial charge >= 0.3 is 0 Å². The van der Waals surface area contributed by atoms with Crippen LogP contribution in [0.4, 0.5) is 0 Å². The highest BCUT2D eigenvalue weighted by Crippen LogP contribution is 2.40. The van der Waals surface area contributed by atoms with Crippen molar-refractivity contribution in [2.75, 3.05) is 7.05 Å². The lowest BCUT2D eigenvalue weighted by Crippen LogP contribution is -2.26. The van der Waals surface area contributed by atoms with Crippen molar-refractivity contribution in [2.24, 2.45) is 0 Å². The first-order chi connectivity index (χ1) is 14.6. The van der Waals surface area contributed by atoms with Gasteiger partial charge in [-0.1, -0.05) is 66.3 Å². The second-order valence-corrected chi connectivity index (χ2v) is 7.80. The van der Waals surface area contributed by atoms with Crippen molar-refractivity contribution >= 4 is 11.5 Å². The van der Waals surface area contributed by atoms with E-state index in [1.807, 2.05) is 36.4 Å². The van der Waals surface area contributed by atoms with Crippen molar-refractivity contribution in [2.45, 2.75) is 25.2 Å². The Balaban J connectivity index is 1.82. The monoisotopic (exact) mass is 395 g/mol. The van der Waals surface area contributed by atoms with E-state index < -0.39 is 0 Å². The molecule has 1 amide bonds. The average Bonchev–Trinajstić information content (AvgIpc) is 2.80. The zero-order valence-electron chi connectivity index (χ0n) is 17.3. The van der Waals surface area contributed by atoms with Gasteiger partial charge in [0, 0.05) is 30.4 Å². The maximum Gasteiger partial charge on any atom is 0.251 e. The fourth-order valence-corrected chi connectivity index (χ4v) is 4.06. The molecule has 1 N–H and O–H groups in total. The highest BCUT2D eigenvalue weighted by atomic mass is 16.1. The van der Waals surface area contributed by atoms with Gasteiger partial charge in [-0.2, -0.15) is 0 Å². The van der Waals surface area contributed by atoms with Crippen LogP contribution in [-0.4, -0.2) is 22.9 Å². The molecule has 4 rings (SSSR count). The summed E-state index contributed by atoms with van der Waals surface area (Å²) in [7, 11) is 1.67. The minimum Gasteiger partial charge on any atom is -0.355 e. The number of carbonyl (C=O) groups is 1. The Bertz CT molecular complexity index is 1100. The summed E-state index contributed by atoms with van der Waals surface area (Å²) in [5, 5.41) is 2.76. The molecule has 0 saturated carbocycles. The summed E-state index contributed by atoms with van der Waals surface area (Å²) in [5.74, 6) is 0.732. The van der Waals surface area contributed by atoms with E-state index in [1.54, 1.807) is 19.4 Å². The standard InChI is InChI=1S/C26H25N3O/c1-26(25-28-15-8-16-29-25)14-13-21(20(18-26)17-19-9-4-3-5-10-19)22-11-6-7-12-23(22)24(30)27-2/h3-16H,17-18H2,1-2H3,(H,27,30). The Kier molecular flexibility index (Phi) is 5.57. The van der Waals surface area contributed by atoms with Gasteiger partial charge in [0.05, 0.1) is 0 Å². The van der Waals surface area contributed by atoms with Crippen LogP contribution >= 0.6 is 0 Å². The predicted molar refractivity (Wildman–Crippen MR) is 120 cm³/mol. The summed E-state index contributed by atoms with van der Waals surface area (Å²) in [5.41, 5.74) is 4.96. The van der Waals surface area contributed by atoms with E-state index in [0.717, 1.165) is 29.8 Å². The highest BCUT2D eigenvalue weighted by Gasteiger charge is 2.32. The Morgan fingerprint density at radius 2 is 1.70 bits per heavy atom. The topological polar surface area (TPSA) is 54.9 Å². The summed E-state index contributed by atoms with van der Waals surface area (Å²) in [6.07, 6.45) is 9.49. The number of amides is 1. The Labute approximate surface area is 177 Å². The molecule has 0 radical (unpaired) electrons. The highest BCUT2D eigenvalue weighted by molar-refractivity contribution is 6.00. The number of nitrogens with one attached hydrogen (secondary N) is 1. The summed E-state index contributed by atoms with van der Waals surface area (Å²) in [6.45, 7) is 2.17. The number of hydrogen-bond donors (Lipinski definition) is 1. The first-order valence-electron chi connectivity index (χ1n) is 10.1. The summed E-state index contributed by atoms with van der Waals surface area (Å²) < 4.78 is 0. The van der Waals surface area contributed by atoms with E-state index in [4.69, 9.17) is 0 Å². The zero-order chi connectivity index (χ0) is 21.0. The molecule has 1 heterocycles. The molecule has 30 heavy (non-hydrogen) atoms. The molecule has 0 fully saturated rings. The second kappa shape index (κ2) is 8.46. The maximum absolute atomic E-state index is 12.5. The smallest absolute Gasteiger partial charge is 0.251 e. The Morgan fingerprint density at radius 3 is 2.43 bits per heavy atom. The Hall–Kier alpha value is -3.53. The van der Waals surface area contributed by atoms with Crippen LogP contribution in [0.3, 0.4) is 0 Å². The molecule has 2 aromatic carbocycles. The molecule has 4 heteroatoms. The van der Waals surface area contributed by atoms with Crippen LogP contribution in [0.2, 0.25) is 0 Å². The minimum absolute atomic E-state index is 0.0784. The van der Waals surface area contributed by atoms with Gasteiger partial charge in [-0.15, -0.1) is 0 Å². The van der Waals surface area contributed by atoms with E-state index in [1.165, 1.54) is 11.1 Å². The van der Waals surface area contributed by atoms with Crippen molar-refractivity contribution in [1.82, 2.24) is 15.3 Å². The molecule has 1 atom stereocenters. The fraction of sp³-hybridized carbons (Fsp3) is 0.192. The molecule has 0 bridgehead atoms. The van der Waals surface area contributed by atoms with Crippen molar-refractivity contribution < 1.29 is 4.79 Å². The molecule has 0 saturated heterocycles. The van der Waals surface area contributed by atoms with Crippen LogP contribution in [0.5, 0.6) is 0 Å². The third kappa shape index (κ3) is 3.94. The molecule has 0 spiro atoms. The SMILES string of the molecule is CNC(=O)c1ccccc1C1=C(Cc2ccccc2)CC(C)(c2ncccn2)C=C1. The second-order valence-electron chi connectivity index (χ2n) is 7.80. The summed E-state index contributed by atoms with van der Waals surface area (Å²) in [6, 6.07) is 20.1. The number of carbonyl (C=O) groups excluding carboxylic acids is 1. The third-order valence-electron chi connectivity index (χ3n) is 5.61. The molecule has 3 aromatic rings. The normalized spacial score (nSPS) is 18.3. The van der Waals surface area contributed by atoms with Crippen molar-refractivity contribution in [3.63, 3.8) is 0 Å². The van der Waals surface area contributed by atoms with Crippen LogP contribution in [0.15, 0.2) is 90.8 Å². The van der Waals surface area contributed by atoms with Gasteiger partial charge in [-0.25, -0.2) is 9.97 Å². The minimum atomic E-state index is -0.295. The first kappa shape index (κ1) is 19.8. The largest absolute Gasteiger partial charge is 0.355 e. The molecule has 0 aliphatic heterocycles. The van der Waals surface area contributed by atoms with Gasteiger partial charge in [0.25, 0.3) is 5.91 Å². The predicted octanol–water partition coefficient (Wildman–Crippen LogP) is 4.75. The van der Waals surface area contributed by atoms with E-state index >= 15 is 0 Å². The fourth-order valence-electron chi connectivity index (χ4n) is 4.06. The lowest BCUT2D eigenvalue weighted by molar-refractivity contribution is 0.0963. The van der Waals surface area contributed by atoms with Crippen LogP contribution < -0.4 is 5.32 Å². The van der Waals surface area contributed by atoms with E-state index in [0.29, 0.717) is 5.56 Å². The van der Waals surface area contributed by atoms with Gasteiger partial charge in [-0.3, -0.25) is 4.79 Å². The summed E-state index contributed by atoms with van der Waals surface area (Å²) in [4.78, 5) is 21.6. The van der Waals surface area contributed by atoms with Gasteiger partial charge in [0.2, 0.25) is 0 Å². The first-order valence-corrected chi connectivity index (χ1v) is 10.1. The third-order valence-corrected chi connectivity index (χ3v) is 5.61. The number of benzene rings is 2. The van der Waals surface area contributed by atoms with Crippen LogP contribution in [0.25, 0.3) is 5.57 Å². The van der Waals surface area contributed by atoms with Crippen molar-refractivity contribution in [1.29, 1.82) is 0 Å². The molecular formula is C26H25N3O. The number of aromatic nitrogens is 2. The van der Waals surface area contributed by atoms with Crippen LogP contribution in [0, 0.1) is 0 Å². The van der Waals surface area contributed by atoms with E-state index in [-0.39, 0.29) is 11.3 Å². The van der Waals surface area contributed by atoms with Gasteiger partial charge in [0.15, 0.2) is 0 Å². The van der Waals surface area contributed by atoms with Gasteiger partial charge in [0.1, 0.15) is 5.82 Å². The maximum atomic E-state index is 12.5. The van der Waals surface area contributed by atoms with Crippen molar-refractivity contribution in [3.8, 4) is 0 Å². The lowest BCUT2D eigenvalue weighted by Gasteiger charge is -2.31. The molecule has 1 aromatic heterocycles. The Morgan fingerprint density at radius 1 is 1.00 bits per heavy atom.